The van der Waals surface area contributed by atoms with Gasteiger partial charge in [0, 0.05) is 43.5 Å². The Bertz CT molecular complexity index is 1800. The topological polar surface area (TPSA) is 99.9 Å². The quantitative estimate of drug-likeness (QED) is 0.249. The van der Waals surface area contributed by atoms with Crippen molar-refractivity contribution in [2.24, 2.45) is 18.9 Å². The molecule has 244 valence electrons. The molecule has 0 unspecified atom stereocenters. The third kappa shape index (κ3) is 6.04. The second kappa shape index (κ2) is 11.9. The van der Waals surface area contributed by atoms with E-state index in [1.54, 1.807) is 25.7 Å². The number of halogens is 1. The number of hydrogen-bond donors (Lipinski definition) is 1. The van der Waals surface area contributed by atoms with Crippen LogP contribution in [0.5, 0.6) is 5.75 Å². The Labute approximate surface area is 267 Å². The minimum Gasteiger partial charge on any atom is -0.491 e. The van der Waals surface area contributed by atoms with E-state index in [-0.39, 0.29) is 12.5 Å². The maximum atomic E-state index is 13.9. The second-order valence-corrected chi connectivity index (χ2v) is 14.0. The smallest absolute Gasteiger partial charge is 0.408 e. The van der Waals surface area contributed by atoms with Crippen molar-refractivity contribution in [1.29, 1.82) is 0 Å². The fourth-order valence-corrected chi connectivity index (χ4v) is 6.42. The molecule has 11 heteroatoms. The van der Waals surface area contributed by atoms with Crippen LogP contribution in [0.15, 0.2) is 36.4 Å². The summed E-state index contributed by atoms with van der Waals surface area (Å²) in [4.78, 5) is 32.6. The maximum Gasteiger partial charge on any atom is 0.408 e. The number of alkyl carbamates (subject to hydrolysis) is 1. The average Bonchev–Trinajstić information content (AvgIpc) is 3.65. The van der Waals surface area contributed by atoms with Crippen LogP contribution >= 0.6 is 0 Å². The number of aromatic nitrogens is 3. The molecule has 2 amide bonds. The lowest BCUT2D eigenvalue weighted by Gasteiger charge is -2.31. The van der Waals surface area contributed by atoms with Crippen molar-refractivity contribution in [3.63, 3.8) is 0 Å². The number of amides is 2. The number of rotatable bonds is 10. The zero-order chi connectivity index (χ0) is 32.2. The molecule has 2 aromatic carbocycles. The van der Waals surface area contributed by atoms with Crippen LogP contribution < -0.4 is 10.1 Å². The first kappa shape index (κ1) is 30.5. The highest BCUT2D eigenvalue weighted by atomic mass is 19.1. The molecule has 0 spiro atoms. The molecule has 1 atom stereocenters. The molecule has 2 aromatic heterocycles. The number of alkyl halides is 1. The summed E-state index contributed by atoms with van der Waals surface area (Å²) in [5, 5.41) is 3.68. The number of imidazole rings is 1. The van der Waals surface area contributed by atoms with E-state index in [2.05, 4.69) is 32.7 Å². The van der Waals surface area contributed by atoms with Crippen molar-refractivity contribution in [1.82, 2.24) is 24.3 Å². The molecule has 4 aromatic rings. The molecule has 0 radical (unpaired) electrons. The fraction of sp³-hybridized carbons (Fsp3) is 0.514. The maximum absolute atomic E-state index is 13.9. The van der Waals surface area contributed by atoms with E-state index in [0.717, 1.165) is 64.5 Å². The Kier molecular flexibility index (Phi) is 7.91. The van der Waals surface area contributed by atoms with Gasteiger partial charge in [0.25, 0.3) is 5.91 Å². The molecular formula is C35H42FN5O5. The van der Waals surface area contributed by atoms with Gasteiger partial charge >= 0.3 is 6.09 Å². The molecule has 1 saturated carbocycles. The lowest BCUT2D eigenvalue weighted by Crippen LogP contribution is -2.50. The van der Waals surface area contributed by atoms with Crippen molar-refractivity contribution in [3.8, 4) is 17.3 Å². The summed E-state index contributed by atoms with van der Waals surface area (Å²) in [6.45, 7) is 7.93. The van der Waals surface area contributed by atoms with E-state index < -0.39 is 24.4 Å². The van der Waals surface area contributed by atoms with Gasteiger partial charge in [-0.1, -0.05) is 12.1 Å². The molecule has 10 nitrogen and oxygen atoms in total. The molecule has 4 heterocycles. The molecule has 0 bridgehead atoms. The number of ether oxygens (including phenoxy) is 3. The summed E-state index contributed by atoms with van der Waals surface area (Å²) in [5.41, 5.74) is 4.59. The summed E-state index contributed by atoms with van der Waals surface area (Å²) in [6.07, 6.45) is 2.35. The van der Waals surface area contributed by atoms with Gasteiger partial charge in [-0.05, 0) is 75.8 Å². The number of nitrogens with one attached hydrogen (secondary N) is 1. The largest absolute Gasteiger partial charge is 0.491 e. The molecule has 1 aliphatic carbocycles. The highest BCUT2D eigenvalue weighted by Crippen LogP contribution is 2.39. The Balaban J connectivity index is 1.18. The molecule has 2 fully saturated rings. The molecular weight excluding hydrogens is 589 g/mol. The van der Waals surface area contributed by atoms with E-state index in [0.29, 0.717) is 37.0 Å². The van der Waals surface area contributed by atoms with E-state index in [1.807, 2.05) is 25.2 Å². The van der Waals surface area contributed by atoms with Crippen molar-refractivity contribution in [3.05, 3.63) is 47.5 Å². The van der Waals surface area contributed by atoms with Gasteiger partial charge in [-0.3, -0.25) is 4.79 Å². The van der Waals surface area contributed by atoms with Gasteiger partial charge in [0.15, 0.2) is 5.82 Å². The summed E-state index contributed by atoms with van der Waals surface area (Å²) in [5.74, 6) is 2.57. The standard InChI is InChI=1S/C35H42FN5O5/c1-35(2,3)46-34(43)37-25(15-36)17-40-11-10-23-12-28-27(14-26(23)33(40)42)38-32(39(28)4)29-13-24-6-5-7-30(45-20-22-18-44-19-22)31(24)41(29)16-21-8-9-21/h5-7,12-14,21-22,25H,8-11,15-20H2,1-4H3,(H,37,43)/t25-/m1/s1. The van der Waals surface area contributed by atoms with Crippen molar-refractivity contribution in [2.45, 2.75) is 58.2 Å². The molecule has 2 aliphatic heterocycles. The number of nitrogens with zero attached hydrogens (tertiary/aromatic N) is 4. The zero-order valence-electron chi connectivity index (χ0n) is 27.0. The van der Waals surface area contributed by atoms with Gasteiger partial charge in [0.05, 0.1) is 48.1 Å². The number of carbonyl (C=O) groups is 2. The van der Waals surface area contributed by atoms with Gasteiger partial charge in [-0.25, -0.2) is 14.2 Å². The summed E-state index contributed by atoms with van der Waals surface area (Å²) in [7, 11) is 2.02. The Hall–Kier alpha value is -4.12. The van der Waals surface area contributed by atoms with E-state index in [9.17, 15) is 14.0 Å². The molecule has 7 rings (SSSR count). The minimum absolute atomic E-state index is 0.0545. The van der Waals surface area contributed by atoms with E-state index >= 15 is 0 Å². The number of benzene rings is 2. The van der Waals surface area contributed by atoms with E-state index in [1.165, 1.54) is 12.8 Å². The monoisotopic (exact) mass is 631 g/mol. The highest BCUT2D eigenvalue weighted by Gasteiger charge is 2.31. The van der Waals surface area contributed by atoms with Gasteiger partial charge in [-0.2, -0.15) is 0 Å². The summed E-state index contributed by atoms with van der Waals surface area (Å²) < 4.78 is 35.4. The van der Waals surface area contributed by atoms with Gasteiger partial charge in [0.1, 0.15) is 18.0 Å². The Morgan fingerprint density at radius 2 is 1.98 bits per heavy atom. The first-order chi connectivity index (χ1) is 22.1. The van der Waals surface area contributed by atoms with Gasteiger partial charge < -0.3 is 33.6 Å². The highest BCUT2D eigenvalue weighted by molar-refractivity contribution is 6.01. The number of carbonyl (C=O) groups excluding carboxylic acids is 2. The Morgan fingerprint density at radius 1 is 1.17 bits per heavy atom. The Morgan fingerprint density at radius 3 is 2.67 bits per heavy atom. The minimum atomic E-state index is -0.866. The fourth-order valence-electron chi connectivity index (χ4n) is 6.42. The molecule has 1 saturated heterocycles. The molecule has 46 heavy (non-hydrogen) atoms. The SMILES string of the molecule is Cn1c(-c2cc3cccc(OCC4COC4)c3n2CC2CC2)nc2cc3c(cc21)CCN(C[C@@H](CF)NC(=O)OC(C)(C)C)C3=O. The molecule has 1 N–H and O–H groups in total. The first-order valence-electron chi connectivity index (χ1n) is 16.2. The zero-order valence-corrected chi connectivity index (χ0v) is 27.0. The van der Waals surface area contributed by atoms with Crippen molar-refractivity contribution >= 4 is 33.9 Å². The van der Waals surface area contributed by atoms with Gasteiger partial charge in [-0.15, -0.1) is 0 Å². The number of para-hydroxylation sites is 1. The average molecular weight is 632 g/mol. The van der Waals surface area contributed by atoms with Crippen LogP contribution in [0, 0.1) is 11.8 Å². The summed E-state index contributed by atoms with van der Waals surface area (Å²) >= 11 is 0. The normalized spacial score (nSPS) is 17.7. The lowest BCUT2D eigenvalue weighted by molar-refractivity contribution is -0.0506. The van der Waals surface area contributed by atoms with Crippen LogP contribution in [0.1, 0.15) is 49.5 Å². The van der Waals surface area contributed by atoms with Crippen molar-refractivity contribution < 1.29 is 28.2 Å². The first-order valence-corrected chi connectivity index (χ1v) is 16.2. The van der Waals surface area contributed by atoms with E-state index in [4.69, 9.17) is 19.2 Å². The number of fused-ring (bicyclic) bond motifs is 3. The number of aryl methyl sites for hydroxylation is 1. The number of hydrogen-bond acceptors (Lipinski definition) is 6. The predicted molar refractivity (Wildman–Crippen MR) is 173 cm³/mol. The van der Waals surface area contributed by atoms with Crippen LogP contribution in [0.3, 0.4) is 0 Å². The van der Waals surface area contributed by atoms with Crippen LogP contribution in [0.2, 0.25) is 0 Å². The third-order valence-corrected chi connectivity index (χ3v) is 9.05. The van der Waals surface area contributed by atoms with Crippen molar-refractivity contribution in [2.75, 3.05) is 39.6 Å². The lowest BCUT2D eigenvalue weighted by atomic mass is 9.97. The van der Waals surface area contributed by atoms with Crippen LogP contribution in [-0.2, 0) is 29.5 Å². The van der Waals surface area contributed by atoms with Crippen LogP contribution in [-0.4, -0.2) is 82.2 Å². The second-order valence-electron chi connectivity index (χ2n) is 14.0. The van der Waals surface area contributed by atoms with Crippen LogP contribution in [0.4, 0.5) is 9.18 Å². The van der Waals surface area contributed by atoms with Gasteiger partial charge in [0.2, 0.25) is 0 Å². The molecule has 3 aliphatic rings. The summed E-state index contributed by atoms with van der Waals surface area (Å²) in [6, 6.07) is 11.5. The van der Waals surface area contributed by atoms with Crippen LogP contribution in [0.25, 0.3) is 33.5 Å². The predicted octanol–water partition coefficient (Wildman–Crippen LogP) is 5.49. The third-order valence-electron chi connectivity index (χ3n) is 9.05.